The smallest absolute Gasteiger partial charge is 0.163 e. The molecule has 0 saturated carbocycles. The Bertz CT molecular complexity index is 899. The molecular weight excluding hydrogens is 310 g/mol. The lowest BCUT2D eigenvalue weighted by molar-refractivity contribution is 1.16. The second kappa shape index (κ2) is 6.88. The van der Waals surface area contributed by atoms with Crippen molar-refractivity contribution in [1.29, 1.82) is 0 Å². The molecule has 1 N–H and O–H groups in total. The molecule has 0 unspecified atom stereocenters. The Morgan fingerprint density at radius 2 is 1.52 bits per heavy atom. The lowest BCUT2D eigenvalue weighted by Gasteiger charge is -2.10. The van der Waals surface area contributed by atoms with E-state index in [0.29, 0.717) is 5.82 Å². The van der Waals surface area contributed by atoms with Gasteiger partial charge >= 0.3 is 0 Å². The van der Waals surface area contributed by atoms with E-state index in [-0.39, 0.29) is 0 Å². The van der Waals surface area contributed by atoms with Crippen LogP contribution >= 0.6 is 0 Å². The van der Waals surface area contributed by atoms with Gasteiger partial charge in [-0.15, -0.1) is 0 Å². The molecule has 120 valence electrons. The van der Waals surface area contributed by atoms with Crippen LogP contribution in [0.1, 0.15) is 0 Å². The van der Waals surface area contributed by atoms with Gasteiger partial charge < -0.3 is 5.32 Å². The van der Waals surface area contributed by atoms with E-state index in [0.717, 1.165) is 28.3 Å². The second-order valence-electron chi connectivity index (χ2n) is 5.43. The lowest BCUT2D eigenvalue weighted by atomic mass is 10.1. The summed E-state index contributed by atoms with van der Waals surface area (Å²) in [5.41, 5.74) is 3.65. The average Bonchev–Trinajstić information content (AvgIpc) is 2.70. The van der Waals surface area contributed by atoms with Gasteiger partial charge in [0.25, 0.3) is 0 Å². The van der Waals surface area contributed by atoms with Crippen LogP contribution in [0.25, 0.3) is 22.6 Å². The first kappa shape index (κ1) is 15.0. The number of hydrogen-bond acceptors (Lipinski definition) is 5. The minimum atomic E-state index is 0.626. The molecule has 25 heavy (non-hydrogen) atoms. The molecule has 0 fully saturated rings. The van der Waals surface area contributed by atoms with Crippen molar-refractivity contribution in [1.82, 2.24) is 19.9 Å². The summed E-state index contributed by atoms with van der Waals surface area (Å²) in [6.07, 6.45) is 7.01. The molecule has 0 radical (unpaired) electrons. The van der Waals surface area contributed by atoms with Gasteiger partial charge in [0, 0.05) is 47.7 Å². The highest BCUT2D eigenvalue weighted by molar-refractivity contribution is 5.69. The quantitative estimate of drug-likeness (QED) is 0.604. The van der Waals surface area contributed by atoms with Crippen molar-refractivity contribution in [2.45, 2.75) is 0 Å². The van der Waals surface area contributed by atoms with Crippen molar-refractivity contribution in [3.8, 4) is 22.6 Å². The Morgan fingerprint density at radius 3 is 2.28 bits per heavy atom. The molecule has 0 amide bonds. The van der Waals surface area contributed by atoms with Crippen molar-refractivity contribution < 1.29 is 0 Å². The van der Waals surface area contributed by atoms with E-state index in [2.05, 4.69) is 20.3 Å². The maximum atomic E-state index is 4.70. The van der Waals surface area contributed by atoms with E-state index in [1.807, 2.05) is 60.7 Å². The first-order valence-electron chi connectivity index (χ1n) is 7.90. The molecule has 4 aromatic rings. The van der Waals surface area contributed by atoms with E-state index in [1.54, 1.807) is 24.8 Å². The van der Waals surface area contributed by atoms with Crippen LogP contribution in [0.15, 0.2) is 85.5 Å². The lowest BCUT2D eigenvalue weighted by Crippen LogP contribution is -1.99. The number of nitrogens with zero attached hydrogens (tertiary/aromatic N) is 4. The second-order valence-corrected chi connectivity index (χ2v) is 5.43. The van der Waals surface area contributed by atoms with Crippen molar-refractivity contribution in [3.05, 3.63) is 85.5 Å². The average molecular weight is 325 g/mol. The Hall–Kier alpha value is -3.60. The number of rotatable bonds is 4. The summed E-state index contributed by atoms with van der Waals surface area (Å²) < 4.78 is 0. The number of hydrogen-bond donors (Lipinski definition) is 1. The molecule has 1 aromatic carbocycles. The first-order chi connectivity index (χ1) is 12.4. The Kier molecular flexibility index (Phi) is 4.12. The zero-order chi connectivity index (χ0) is 16.9. The summed E-state index contributed by atoms with van der Waals surface area (Å²) in [5.74, 6) is 1.35. The van der Waals surface area contributed by atoms with E-state index >= 15 is 0 Å². The molecule has 5 nitrogen and oxygen atoms in total. The first-order valence-corrected chi connectivity index (χ1v) is 7.90. The monoisotopic (exact) mass is 325 g/mol. The molecule has 0 aliphatic rings. The number of benzene rings is 1. The summed E-state index contributed by atoms with van der Waals surface area (Å²) in [6.45, 7) is 0. The topological polar surface area (TPSA) is 63.6 Å². The molecule has 0 spiro atoms. The number of anilines is 2. The Balaban J connectivity index is 1.80. The van der Waals surface area contributed by atoms with Crippen molar-refractivity contribution in [2.24, 2.45) is 0 Å². The number of aromatic nitrogens is 4. The maximum Gasteiger partial charge on any atom is 0.163 e. The van der Waals surface area contributed by atoms with Crippen LogP contribution in [0.2, 0.25) is 0 Å². The van der Waals surface area contributed by atoms with Gasteiger partial charge in [-0.2, -0.15) is 0 Å². The minimum Gasteiger partial charge on any atom is -0.340 e. The highest BCUT2D eigenvalue weighted by atomic mass is 15.0. The fraction of sp³-hybridized carbons (Fsp3) is 0. The third kappa shape index (κ3) is 3.50. The molecule has 0 atom stereocenters. The van der Waals surface area contributed by atoms with Crippen LogP contribution in [0.5, 0.6) is 0 Å². The summed E-state index contributed by atoms with van der Waals surface area (Å²) in [6, 6.07) is 19.6. The van der Waals surface area contributed by atoms with Crippen LogP contribution in [0, 0.1) is 0 Å². The third-order valence-electron chi connectivity index (χ3n) is 3.67. The van der Waals surface area contributed by atoms with Crippen LogP contribution in [-0.4, -0.2) is 19.9 Å². The SMILES string of the molecule is c1ccc(Nc2cc(-c3ccncc3)nc(-c3cccnc3)n2)cc1. The van der Waals surface area contributed by atoms with E-state index in [4.69, 9.17) is 4.98 Å². The summed E-state index contributed by atoms with van der Waals surface area (Å²) >= 11 is 0. The fourth-order valence-corrected chi connectivity index (χ4v) is 2.48. The van der Waals surface area contributed by atoms with E-state index in [9.17, 15) is 0 Å². The zero-order valence-corrected chi connectivity index (χ0v) is 13.4. The van der Waals surface area contributed by atoms with Crippen molar-refractivity contribution in [3.63, 3.8) is 0 Å². The molecule has 0 bridgehead atoms. The van der Waals surface area contributed by atoms with Gasteiger partial charge in [-0.1, -0.05) is 18.2 Å². The van der Waals surface area contributed by atoms with Gasteiger partial charge in [-0.3, -0.25) is 9.97 Å². The van der Waals surface area contributed by atoms with Crippen LogP contribution in [0.3, 0.4) is 0 Å². The van der Waals surface area contributed by atoms with Crippen LogP contribution in [-0.2, 0) is 0 Å². The molecule has 3 heterocycles. The van der Waals surface area contributed by atoms with Crippen LogP contribution in [0.4, 0.5) is 11.5 Å². The van der Waals surface area contributed by atoms with E-state index < -0.39 is 0 Å². The van der Waals surface area contributed by atoms with E-state index in [1.165, 1.54) is 0 Å². The van der Waals surface area contributed by atoms with Crippen LogP contribution < -0.4 is 5.32 Å². The Labute approximate surface area is 145 Å². The molecular formula is C20H15N5. The largest absolute Gasteiger partial charge is 0.340 e. The highest BCUT2D eigenvalue weighted by Gasteiger charge is 2.09. The molecule has 3 aromatic heterocycles. The van der Waals surface area contributed by atoms with Crippen molar-refractivity contribution >= 4 is 11.5 Å². The fourth-order valence-electron chi connectivity index (χ4n) is 2.48. The van der Waals surface area contributed by atoms with Crippen molar-refractivity contribution in [2.75, 3.05) is 5.32 Å². The molecule has 5 heteroatoms. The molecule has 4 rings (SSSR count). The zero-order valence-electron chi connectivity index (χ0n) is 13.4. The normalized spacial score (nSPS) is 10.4. The van der Waals surface area contributed by atoms with Gasteiger partial charge in [0.1, 0.15) is 5.82 Å². The predicted octanol–water partition coefficient (Wildman–Crippen LogP) is 4.34. The molecule has 0 aliphatic heterocycles. The summed E-state index contributed by atoms with van der Waals surface area (Å²) in [5, 5.41) is 3.34. The van der Waals surface area contributed by atoms with Gasteiger partial charge in [-0.05, 0) is 36.4 Å². The van der Waals surface area contributed by atoms with Gasteiger partial charge in [0.05, 0.1) is 5.69 Å². The summed E-state index contributed by atoms with van der Waals surface area (Å²) in [4.78, 5) is 17.6. The molecule has 0 aliphatic carbocycles. The van der Waals surface area contributed by atoms with Gasteiger partial charge in [0.15, 0.2) is 5.82 Å². The number of nitrogens with one attached hydrogen (secondary N) is 1. The number of para-hydroxylation sites is 1. The highest BCUT2D eigenvalue weighted by Crippen LogP contribution is 2.25. The van der Waals surface area contributed by atoms with Gasteiger partial charge in [-0.25, -0.2) is 9.97 Å². The Morgan fingerprint density at radius 1 is 0.680 bits per heavy atom. The standard InChI is InChI=1S/C20H15N5/c1-2-6-17(7-3-1)23-19-13-18(15-8-11-21-12-9-15)24-20(25-19)16-5-4-10-22-14-16/h1-14H,(H,23,24,25). The third-order valence-corrected chi connectivity index (χ3v) is 3.67. The predicted molar refractivity (Wildman–Crippen MR) is 98.2 cm³/mol. The maximum absolute atomic E-state index is 4.70. The number of pyridine rings is 2. The minimum absolute atomic E-state index is 0.626. The van der Waals surface area contributed by atoms with Gasteiger partial charge in [0.2, 0.25) is 0 Å². The summed E-state index contributed by atoms with van der Waals surface area (Å²) in [7, 11) is 0. The molecule has 0 saturated heterocycles.